The van der Waals surface area contributed by atoms with Gasteiger partial charge in [-0.25, -0.2) is 9.13 Å². The van der Waals surface area contributed by atoms with Gasteiger partial charge in [0.1, 0.15) is 23.8 Å². The fraction of sp³-hybridized carbons (Fsp3) is 0.400. The van der Waals surface area contributed by atoms with Crippen LogP contribution in [0.4, 0.5) is 0 Å². The van der Waals surface area contributed by atoms with E-state index >= 15 is 0 Å². The van der Waals surface area contributed by atoms with E-state index in [0.29, 0.717) is 0 Å². The minimum Gasteiger partial charge on any atom is -0.201 e. The number of hydrogen-bond donors (Lipinski definition) is 0. The lowest BCUT2D eigenvalue weighted by Gasteiger charge is -2.16. The molecule has 0 N–H and O–H groups in total. The third kappa shape index (κ3) is 2.82. The smallest absolute Gasteiger partial charge is 0.201 e. The van der Waals surface area contributed by atoms with E-state index in [1.54, 1.807) is 0 Å². The minimum atomic E-state index is 1.31. The fourth-order valence-electron chi connectivity index (χ4n) is 4.35. The normalized spacial score (nSPS) is 11.3. The molecule has 0 saturated carbocycles. The van der Waals surface area contributed by atoms with Crippen LogP contribution in [0.25, 0.3) is 11.4 Å². The molecule has 1 heterocycles. The van der Waals surface area contributed by atoms with Crippen LogP contribution in [0.3, 0.4) is 0 Å². The molecule has 3 rings (SSSR count). The number of aromatic nitrogens is 2. The van der Waals surface area contributed by atoms with Crippen LogP contribution in [0.1, 0.15) is 55.6 Å². The number of benzene rings is 2. The van der Waals surface area contributed by atoms with E-state index in [2.05, 4.69) is 97.1 Å². The van der Waals surface area contributed by atoms with E-state index in [0.717, 1.165) is 0 Å². The highest BCUT2D eigenvalue weighted by molar-refractivity contribution is 5.58. The van der Waals surface area contributed by atoms with Crippen LogP contribution in [0.5, 0.6) is 0 Å². The molecule has 2 aromatic carbocycles. The standard InChI is InChI=1S/C25H33N2/c1-14-16(3)20(7)24(21(8)17(14)4)26-11-12-27(13-26)25-22(9)18(5)15(2)19(6)23(25)10/h11-13H,1-10H3/q+1. The highest BCUT2D eigenvalue weighted by atomic mass is 15.1. The molecule has 142 valence electrons. The summed E-state index contributed by atoms with van der Waals surface area (Å²) >= 11 is 0. The fourth-order valence-corrected chi connectivity index (χ4v) is 4.35. The van der Waals surface area contributed by atoms with Crippen LogP contribution in [0, 0.1) is 69.2 Å². The number of rotatable bonds is 2. The van der Waals surface area contributed by atoms with Crippen molar-refractivity contribution in [2.75, 3.05) is 0 Å². The Morgan fingerprint density at radius 3 is 1.33 bits per heavy atom. The average Bonchev–Trinajstić information content (AvgIpc) is 3.11. The summed E-state index contributed by atoms with van der Waals surface area (Å²) in [7, 11) is 0. The van der Waals surface area contributed by atoms with Crippen molar-refractivity contribution in [2.24, 2.45) is 0 Å². The predicted molar refractivity (Wildman–Crippen MR) is 115 cm³/mol. The second-order valence-corrected chi connectivity index (χ2v) is 8.18. The van der Waals surface area contributed by atoms with Crippen molar-refractivity contribution in [3.8, 4) is 11.4 Å². The molecule has 0 spiro atoms. The lowest BCUT2D eigenvalue weighted by molar-refractivity contribution is -0.595. The van der Waals surface area contributed by atoms with Crippen LogP contribution in [0.2, 0.25) is 0 Å². The van der Waals surface area contributed by atoms with Gasteiger partial charge in [0.25, 0.3) is 6.33 Å². The summed E-state index contributed by atoms with van der Waals surface area (Å²) in [4.78, 5) is 0. The monoisotopic (exact) mass is 361 g/mol. The molecule has 2 heteroatoms. The molecule has 0 atom stereocenters. The third-order valence-corrected chi connectivity index (χ3v) is 7.07. The van der Waals surface area contributed by atoms with E-state index in [4.69, 9.17) is 0 Å². The molecule has 0 bridgehead atoms. The molecule has 3 aromatic rings. The van der Waals surface area contributed by atoms with Crippen molar-refractivity contribution in [3.63, 3.8) is 0 Å². The maximum Gasteiger partial charge on any atom is 0.254 e. The van der Waals surface area contributed by atoms with Crippen molar-refractivity contribution in [1.29, 1.82) is 0 Å². The Kier molecular flexibility index (Phi) is 4.80. The largest absolute Gasteiger partial charge is 0.254 e. The molecule has 1 aromatic heterocycles. The van der Waals surface area contributed by atoms with Crippen molar-refractivity contribution in [2.45, 2.75) is 69.2 Å². The first-order chi connectivity index (χ1) is 12.6. The van der Waals surface area contributed by atoms with Gasteiger partial charge in [-0.3, -0.25) is 0 Å². The summed E-state index contributed by atoms with van der Waals surface area (Å²) in [5.41, 5.74) is 16.5. The Morgan fingerprint density at radius 2 is 0.889 bits per heavy atom. The summed E-state index contributed by atoms with van der Waals surface area (Å²) < 4.78 is 4.57. The number of nitrogens with zero attached hydrogens (tertiary/aromatic N) is 2. The van der Waals surface area contributed by atoms with Gasteiger partial charge in [-0.15, -0.1) is 0 Å². The molecule has 0 aliphatic rings. The molecule has 0 amide bonds. The quantitative estimate of drug-likeness (QED) is 0.507. The molecule has 0 radical (unpaired) electrons. The van der Waals surface area contributed by atoms with Gasteiger partial charge in [0.05, 0.1) is 0 Å². The van der Waals surface area contributed by atoms with E-state index in [-0.39, 0.29) is 0 Å². The van der Waals surface area contributed by atoms with E-state index < -0.39 is 0 Å². The number of hydrogen-bond acceptors (Lipinski definition) is 0. The van der Waals surface area contributed by atoms with Gasteiger partial charge in [0.2, 0.25) is 0 Å². The van der Waals surface area contributed by atoms with E-state index in [1.807, 2.05) is 0 Å². The Bertz CT molecular complexity index is 923. The van der Waals surface area contributed by atoms with Crippen LogP contribution < -0.4 is 4.57 Å². The van der Waals surface area contributed by atoms with Gasteiger partial charge in [0.15, 0.2) is 0 Å². The third-order valence-electron chi connectivity index (χ3n) is 7.07. The van der Waals surface area contributed by atoms with Crippen molar-refractivity contribution in [3.05, 3.63) is 74.4 Å². The maximum atomic E-state index is 2.29. The summed E-state index contributed by atoms with van der Waals surface area (Å²) in [5, 5.41) is 0. The lowest BCUT2D eigenvalue weighted by Crippen LogP contribution is -2.31. The Balaban J connectivity index is 2.25. The van der Waals surface area contributed by atoms with Gasteiger partial charge in [0, 0.05) is 0 Å². The Labute approximate surface area is 164 Å². The van der Waals surface area contributed by atoms with Crippen LogP contribution in [0.15, 0.2) is 18.7 Å². The van der Waals surface area contributed by atoms with Crippen molar-refractivity contribution < 1.29 is 4.57 Å². The Morgan fingerprint density at radius 1 is 0.519 bits per heavy atom. The highest BCUT2D eigenvalue weighted by Crippen LogP contribution is 2.30. The second-order valence-electron chi connectivity index (χ2n) is 8.18. The van der Waals surface area contributed by atoms with Crippen LogP contribution >= 0.6 is 0 Å². The molecule has 27 heavy (non-hydrogen) atoms. The molecule has 2 nitrogen and oxygen atoms in total. The topological polar surface area (TPSA) is 8.81 Å². The summed E-state index contributed by atoms with van der Waals surface area (Å²) in [6, 6.07) is 0. The molecular weight excluding hydrogens is 328 g/mol. The summed E-state index contributed by atoms with van der Waals surface area (Å²) in [5.74, 6) is 0. The predicted octanol–water partition coefficient (Wildman–Crippen LogP) is 5.84. The van der Waals surface area contributed by atoms with Gasteiger partial charge in [-0.05, 0) is 125 Å². The highest BCUT2D eigenvalue weighted by Gasteiger charge is 2.21. The number of imidazole rings is 1. The molecule has 0 saturated heterocycles. The zero-order valence-corrected chi connectivity index (χ0v) is 18.6. The molecule has 0 fully saturated rings. The van der Waals surface area contributed by atoms with Gasteiger partial charge in [-0.2, -0.15) is 0 Å². The van der Waals surface area contributed by atoms with Gasteiger partial charge in [-0.1, -0.05) is 0 Å². The van der Waals surface area contributed by atoms with Crippen molar-refractivity contribution >= 4 is 0 Å². The van der Waals surface area contributed by atoms with E-state index in [1.165, 1.54) is 67.0 Å². The lowest BCUT2D eigenvalue weighted by atomic mass is 9.93. The Hall–Kier alpha value is -2.35. The molecular formula is C25H33N2+. The first-order valence-corrected chi connectivity index (χ1v) is 9.81. The first-order valence-electron chi connectivity index (χ1n) is 9.81. The zero-order valence-electron chi connectivity index (χ0n) is 18.6. The summed E-state index contributed by atoms with van der Waals surface area (Å²) in [6.07, 6.45) is 6.60. The second kappa shape index (κ2) is 6.67. The van der Waals surface area contributed by atoms with E-state index in [9.17, 15) is 0 Å². The van der Waals surface area contributed by atoms with Crippen molar-refractivity contribution in [1.82, 2.24) is 4.57 Å². The van der Waals surface area contributed by atoms with Crippen LogP contribution in [-0.4, -0.2) is 4.57 Å². The first kappa shape index (κ1) is 19.4. The van der Waals surface area contributed by atoms with Gasteiger partial charge >= 0.3 is 0 Å². The molecule has 0 unspecified atom stereocenters. The molecule has 0 aliphatic heterocycles. The summed E-state index contributed by atoms with van der Waals surface area (Å²) in [6.45, 7) is 22.4. The SMILES string of the molecule is Cc1c(C)c(C)c(-n2cc[n+](-c3c(C)c(C)c(C)c(C)c3C)c2)c(C)c1C. The average molecular weight is 362 g/mol. The van der Waals surface area contributed by atoms with Crippen LogP contribution in [-0.2, 0) is 0 Å². The maximum absolute atomic E-state index is 2.29. The zero-order chi connectivity index (χ0) is 20.2. The minimum absolute atomic E-state index is 1.31. The molecule has 0 aliphatic carbocycles. The van der Waals surface area contributed by atoms with Gasteiger partial charge < -0.3 is 0 Å².